The van der Waals surface area contributed by atoms with Crippen LogP contribution >= 0.6 is 34.5 Å². The first-order valence-electron chi connectivity index (χ1n) is 10.5. The predicted octanol–water partition coefficient (Wildman–Crippen LogP) is 3.75. The number of nitrogens with zero attached hydrogens (tertiary/aromatic N) is 3. The third-order valence-corrected chi connectivity index (χ3v) is 7.99. The van der Waals surface area contributed by atoms with E-state index in [0.717, 1.165) is 19.3 Å². The fourth-order valence-electron chi connectivity index (χ4n) is 3.53. The van der Waals surface area contributed by atoms with Gasteiger partial charge in [-0.1, -0.05) is 40.6 Å². The number of thiazole rings is 1. The van der Waals surface area contributed by atoms with Crippen molar-refractivity contribution >= 4 is 65.6 Å². The summed E-state index contributed by atoms with van der Waals surface area (Å²) in [5.74, 6) is 0.0236. The van der Waals surface area contributed by atoms with Crippen LogP contribution in [0.3, 0.4) is 0 Å². The lowest BCUT2D eigenvalue weighted by molar-refractivity contribution is -0.120. The maximum Gasteiger partial charge on any atom is 0.266 e. The van der Waals surface area contributed by atoms with E-state index in [1.54, 1.807) is 30.3 Å². The van der Waals surface area contributed by atoms with Crippen LogP contribution in [0.1, 0.15) is 0 Å². The Hall–Kier alpha value is -1.95. The number of amides is 1. The van der Waals surface area contributed by atoms with Gasteiger partial charge in [0.25, 0.3) is 5.91 Å². The van der Waals surface area contributed by atoms with Crippen LogP contribution in [0.4, 0.5) is 5.13 Å². The molecule has 0 unspecified atom stereocenters. The molecule has 4 rings (SSSR count). The minimum atomic E-state index is -3.48. The Morgan fingerprint density at radius 2 is 2.00 bits per heavy atom. The molecule has 0 spiro atoms. The van der Waals surface area contributed by atoms with E-state index in [9.17, 15) is 13.2 Å². The maximum atomic E-state index is 13.3. The lowest BCUT2D eigenvalue weighted by Gasteiger charge is -2.29. The molecule has 1 aliphatic rings. The summed E-state index contributed by atoms with van der Waals surface area (Å²) in [6, 6.07) is 9.76. The number of aromatic nitrogens is 1. The van der Waals surface area contributed by atoms with E-state index in [2.05, 4.69) is 9.88 Å². The molecule has 34 heavy (non-hydrogen) atoms. The van der Waals surface area contributed by atoms with E-state index in [0.29, 0.717) is 57.4 Å². The second-order valence-electron chi connectivity index (χ2n) is 7.73. The highest BCUT2D eigenvalue weighted by Gasteiger charge is 2.24. The zero-order valence-corrected chi connectivity index (χ0v) is 21.5. The Balaban J connectivity index is 1.60. The Morgan fingerprint density at radius 1 is 1.24 bits per heavy atom. The first kappa shape index (κ1) is 25.2. The molecule has 8 nitrogen and oxygen atoms in total. The Kier molecular flexibility index (Phi) is 7.96. The van der Waals surface area contributed by atoms with Gasteiger partial charge in [0.15, 0.2) is 21.6 Å². The molecular weight excluding hydrogens is 521 g/mol. The Morgan fingerprint density at radius 3 is 2.71 bits per heavy atom. The molecule has 1 amide bonds. The van der Waals surface area contributed by atoms with Gasteiger partial charge >= 0.3 is 0 Å². The van der Waals surface area contributed by atoms with Gasteiger partial charge in [-0.25, -0.2) is 13.4 Å². The number of benzene rings is 2. The molecule has 1 fully saturated rings. The topological polar surface area (TPSA) is 89.0 Å². The van der Waals surface area contributed by atoms with Crippen LogP contribution in [0.5, 0.6) is 5.75 Å². The van der Waals surface area contributed by atoms with Crippen molar-refractivity contribution in [3.8, 4) is 5.75 Å². The highest BCUT2D eigenvalue weighted by Crippen LogP contribution is 2.33. The number of carbonyl (C=O) groups excluding carboxylic acids is 1. The number of hydrogen-bond acceptors (Lipinski definition) is 8. The van der Waals surface area contributed by atoms with Gasteiger partial charge in [-0.05, 0) is 30.3 Å². The van der Waals surface area contributed by atoms with Gasteiger partial charge in [-0.15, -0.1) is 0 Å². The van der Waals surface area contributed by atoms with Crippen molar-refractivity contribution in [1.29, 1.82) is 0 Å². The number of sulfone groups is 1. The zero-order chi connectivity index (χ0) is 24.3. The summed E-state index contributed by atoms with van der Waals surface area (Å²) >= 11 is 13.4. The van der Waals surface area contributed by atoms with Crippen molar-refractivity contribution in [1.82, 2.24) is 9.88 Å². The third kappa shape index (κ3) is 5.99. The smallest absolute Gasteiger partial charge is 0.266 e. The molecule has 1 aliphatic heterocycles. The molecule has 1 aromatic heterocycles. The summed E-state index contributed by atoms with van der Waals surface area (Å²) in [6.45, 7) is 3.56. The number of anilines is 1. The second-order valence-corrected chi connectivity index (χ2v) is 11.6. The van der Waals surface area contributed by atoms with Crippen LogP contribution in [-0.4, -0.2) is 76.5 Å². The molecule has 0 aliphatic carbocycles. The lowest BCUT2D eigenvalue weighted by atomic mass is 10.3. The number of fused-ring (bicyclic) bond motifs is 1. The molecule has 0 atom stereocenters. The van der Waals surface area contributed by atoms with E-state index in [-0.39, 0.29) is 17.4 Å². The van der Waals surface area contributed by atoms with Gasteiger partial charge in [0.05, 0.1) is 27.8 Å². The summed E-state index contributed by atoms with van der Waals surface area (Å²) < 4.78 is 36.2. The monoisotopic (exact) mass is 543 g/mol. The predicted molar refractivity (Wildman–Crippen MR) is 134 cm³/mol. The number of hydrogen-bond donors (Lipinski definition) is 0. The van der Waals surface area contributed by atoms with E-state index >= 15 is 0 Å². The minimum Gasteiger partial charge on any atom is -0.482 e. The summed E-state index contributed by atoms with van der Waals surface area (Å²) in [5.41, 5.74) is 0.357. The van der Waals surface area contributed by atoms with Gasteiger partial charge in [0.2, 0.25) is 0 Å². The normalized spacial score (nSPS) is 14.9. The van der Waals surface area contributed by atoms with Crippen molar-refractivity contribution in [2.45, 2.75) is 4.90 Å². The van der Waals surface area contributed by atoms with Crippen LogP contribution in [0.15, 0.2) is 41.3 Å². The standard InChI is InChI=1S/C22H23Cl2N3O5S2/c1-34(29,30)19-4-2-3-18-21(19)25-22(33-18)27(8-7-26-9-11-31-12-10-26)20(28)14-32-17-6-5-15(23)13-16(17)24/h2-6,13H,7-12,14H2,1H3. The van der Waals surface area contributed by atoms with Crippen LogP contribution in [0, 0.1) is 0 Å². The van der Waals surface area contributed by atoms with Crippen LogP contribution in [-0.2, 0) is 19.4 Å². The first-order valence-corrected chi connectivity index (χ1v) is 14.0. The van der Waals surface area contributed by atoms with Gasteiger partial charge in [0.1, 0.15) is 11.3 Å². The SMILES string of the molecule is CS(=O)(=O)c1cccc2sc(N(CCN3CCOCC3)C(=O)COc3ccc(Cl)cc3Cl)nc12. The minimum absolute atomic E-state index is 0.136. The highest BCUT2D eigenvalue weighted by atomic mass is 35.5. The third-order valence-electron chi connectivity index (χ3n) is 5.29. The number of ether oxygens (including phenoxy) is 2. The average molecular weight is 544 g/mol. The Bertz CT molecular complexity index is 1290. The number of halogens is 2. The van der Waals surface area contributed by atoms with Gasteiger partial charge in [0, 0.05) is 37.5 Å². The van der Waals surface area contributed by atoms with Crippen molar-refractivity contribution in [3.05, 3.63) is 46.4 Å². The summed E-state index contributed by atoms with van der Waals surface area (Å²) in [4.78, 5) is 21.7. The molecule has 2 heterocycles. The average Bonchev–Trinajstić information content (AvgIpc) is 3.22. The fraction of sp³-hybridized carbons (Fsp3) is 0.364. The van der Waals surface area contributed by atoms with Crippen molar-refractivity contribution in [2.75, 3.05) is 57.2 Å². The summed E-state index contributed by atoms with van der Waals surface area (Å²) in [5, 5.41) is 1.18. The lowest BCUT2D eigenvalue weighted by Crippen LogP contribution is -2.44. The van der Waals surface area contributed by atoms with Crippen molar-refractivity contribution in [3.63, 3.8) is 0 Å². The Labute approximate surface area is 211 Å². The van der Waals surface area contributed by atoms with Crippen LogP contribution < -0.4 is 9.64 Å². The second kappa shape index (κ2) is 10.8. The van der Waals surface area contributed by atoms with E-state index < -0.39 is 9.84 Å². The van der Waals surface area contributed by atoms with Crippen LogP contribution in [0.2, 0.25) is 10.0 Å². The fourth-order valence-corrected chi connectivity index (χ4v) is 5.93. The molecule has 3 aromatic rings. The van der Waals surface area contributed by atoms with Crippen molar-refractivity contribution in [2.24, 2.45) is 0 Å². The quantitative estimate of drug-likeness (QED) is 0.427. The maximum absolute atomic E-state index is 13.3. The van der Waals surface area contributed by atoms with Crippen molar-refractivity contribution < 1.29 is 22.7 Å². The number of carbonyl (C=O) groups is 1. The van der Waals surface area contributed by atoms with E-state index in [4.69, 9.17) is 32.7 Å². The summed E-state index contributed by atoms with van der Waals surface area (Å²) in [6.07, 6.45) is 1.14. The molecule has 12 heteroatoms. The zero-order valence-electron chi connectivity index (χ0n) is 18.4. The number of morpholine rings is 1. The molecule has 0 bridgehead atoms. The molecule has 1 saturated heterocycles. The highest BCUT2D eigenvalue weighted by molar-refractivity contribution is 7.91. The molecule has 182 valence electrons. The van der Waals surface area contributed by atoms with E-state index in [1.165, 1.54) is 22.3 Å². The first-order chi connectivity index (χ1) is 16.2. The molecular formula is C22H23Cl2N3O5S2. The van der Waals surface area contributed by atoms with Crippen LogP contribution in [0.25, 0.3) is 10.2 Å². The number of para-hydroxylation sites is 1. The largest absolute Gasteiger partial charge is 0.482 e. The van der Waals surface area contributed by atoms with Gasteiger partial charge in [-0.2, -0.15) is 0 Å². The molecule has 0 radical (unpaired) electrons. The molecule has 2 aromatic carbocycles. The molecule has 0 saturated carbocycles. The molecule has 0 N–H and O–H groups in total. The van der Waals surface area contributed by atoms with Gasteiger partial charge < -0.3 is 9.47 Å². The van der Waals surface area contributed by atoms with E-state index in [1.807, 2.05) is 0 Å². The number of rotatable bonds is 8. The van der Waals surface area contributed by atoms with Gasteiger partial charge in [-0.3, -0.25) is 14.6 Å². The summed E-state index contributed by atoms with van der Waals surface area (Å²) in [7, 11) is -3.48.